The highest BCUT2D eigenvalue weighted by atomic mass is 16.7. The van der Waals surface area contributed by atoms with Crippen molar-refractivity contribution in [3.63, 3.8) is 0 Å². The molecule has 1 saturated heterocycles. The topological polar surface area (TPSA) is 203 Å². The molecular formula is C29H42O12. The number of carbonyl (C=O) groups is 2. The molecule has 0 bridgehead atoms. The predicted octanol–water partition coefficient (Wildman–Crippen LogP) is -0.393. The maximum absolute atomic E-state index is 13.2. The molecule has 230 valence electrons. The molecule has 14 atom stereocenters. The second-order valence-electron chi connectivity index (χ2n) is 13.7. The Hall–Kier alpha value is -1.64. The summed E-state index contributed by atoms with van der Waals surface area (Å²) in [6.45, 7) is 3.59. The van der Waals surface area contributed by atoms with Crippen LogP contribution < -0.4 is 0 Å². The summed E-state index contributed by atoms with van der Waals surface area (Å²) in [6.07, 6.45) is -5.30. The Bertz CT molecular complexity index is 1130. The first-order valence-corrected chi connectivity index (χ1v) is 14.8. The lowest BCUT2D eigenvalue weighted by Crippen LogP contribution is -2.73. The van der Waals surface area contributed by atoms with Crippen LogP contribution in [0.3, 0.4) is 0 Å². The van der Waals surface area contributed by atoms with E-state index >= 15 is 0 Å². The van der Waals surface area contributed by atoms with Crippen molar-refractivity contribution >= 4 is 11.9 Å². The van der Waals surface area contributed by atoms with Crippen molar-refractivity contribution in [2.45, 2.75) is 119 Å². The molecule has 5 fully saturated rings. The molecular weight excluding hydrogens is 540 g/mol. The van der Waals surface area contributed by atoms with E-state index in [-0.39, 0.29) is 51.0 Å². The summed E-state index contributed by atoms with van der Waals surface area (Å²) >= 11 is 0. The Kier molecular flexibility index (Phi) is 6.95. The number of hydrogen-bond acceptors (Lipinski definition) is 11. The van der Waals surface area contributed by atoms with Crippen LogP contribution in [0.1, 0.15) is 65.2 Å². The number of aliphatic carboxylic acids is 1. The molecule has 0 aromatic carbocycles. The SMILES string of the molecule is C[C@@H]1O[C@H](O[C@H]2CC[C@]3(C(=O)O)[C@H]4[C@H](O)C[C@]5(C)[C@@H](C6=CC(=O)OC6)CC[C@]5(O)[C@H]4CC[C@]3(O)C2)[C@H](O)[C@H](O)[C@H]1O. The second kappa shape index (κ2) is 9.68. The normalized spacial score (nSPS) is 54.9. The molecule has 41 heavy (non-hydrogen) atoms. The van der Waals surface area contributed by atoms with E-state index in [4.69, 9.17) is 14.2 Å². The van der Waals surface area contributed by atoms with Gasteiger partial charge in [0, 0.05) is 23.8 Å². The average Bonchev–Trinajstić information content (AvgIpc) is 3.44. The summed E-state index contributed by atoms with van der Waals surface area (Å²) in [6, 6.07) is 0. The number of rotatable bonds is 4. The summed E-state index contributed by atoms with van der Waals surface area (Å²) in [5.74, 6) is -3.35. The zero-order valence-corrected chi connectivity index (χ0v) is 23.4. The van der Waals surface area contributed by atoms with E-state index < -0.39 is 88.7 Å². The highest BCUT2D eigenvalue weighted by Crippen LogP contribution is 2.71. The maximum atomic E-state index is 13.2. The van der Waals surface area contributed by atoms with Gasteiger partial charge in [-0.3, -0.25) is 4.79 Å². The van der Waals surface area contributed by atoms with Crippen LogP contribution in [0.2, 0.25) is 0 Å². The monoisotopic (exact) mass is 582 g/mol. The number of carbonyl (C=O) groups excluding carboxylic acids is 1. The van der Waals surface area contributed by atoms with Crippen LogP contribution in [0.15, 0.2) is 11.6 Å². The molecule has 12 heteroatoms. The van der Waals surface area contributed by atoms with Crippen LogP contribution in [0.25, 0.3) is 0 Å². The number of ether oxygens (including phenoxy) is 3. The third-order valence-electron chi connectivity index (χ3n) is 12.0. The van der Waals surface area contributed by atoms with Crippen molar-refractivity contribution in [3.05, 3.63) is 11.6 Å². The minimum absolute atomic E-state index is 0.0327. The molecule has 0 radical (unpaired) electrons. The fraction of sp³-hybridized carbons (Fsp3) is 0.862. The van der Waals surface area contributed by atoms with Crippen molar-refractivity contribution in [1.29, 1.82) is 0 Å². The summed E-state index contributed by atoms with van der Waals surface area (Å²) in [5.41, 5.74) is -4.84. The van der Waals surface area contributed by atoms with E-state index in [2.05, 4.69) is 0 Å². The van der Waals surface area contributed by atoms with Crippen molar-refractivity contribution in [2.75, 3.05) is 6.61 Å². The minimum atomic E-state index is -1.77. The molecule has 0 aromatic heterocycles. The van der Waals surface area contributed by atoms with Crippen molar-refractivity contribution in [1.82, 2.24) is 0 Å². The van der Waals surface area contributed by atoms with E-state index in [1.54, 1.807) is 0 Å². The van der Waals surface area contributed by atoms with Crippen LogP contribution in [-0.4, -0.2) is 108 Å². The molecule has 0 unspecified atom stereocenters. The molecule has 6 aliphatic rings. The summed E-state index contributed by atoms with van der Waals surface area (Å²) in [4.78, 5) is 25.0. The van der Waals surface area contributed by atoms with E-state index in [0.717, 1.165) is 5.57 Å². The number of esters is 1. The van der Waals surface area contributed by atoms with Crippen LogP contribution in [0, 0.1) is 28.6 Å². The Morgan fingerprint density at radius 1 is 1.00 bits per heavy atom. The molecule has 0 aromatic rings. The van der Waals surface area contributed by atoms with Crippen molar-refractivity contribution in [2.24, 2.45) is 28.6 Å². The fourth-order valence-electron chi connectivity index (χ4n) is 9.96. The highest BCUT2D eigenvalue weighted by Gasteiger charge is 2.75. The third-order valence-corrected chi connectivity index (χ3v) is 12.0. The van der Waals surface area contributed by atoms with Gasteiger partial charge in [-0.25, -0.2) is 4.79 Å². The minimum Gasteiger partial charge on any atom is -0.481 e. The predicted molar refractivity (Wildman–Crippen MR) is 138 cm³/mol. The number of carboxylic acid groups (broad SMARTS) is 1. The zero-order valence-electron chi connectivity index (χ0n) is 23.4. The first-order chi connectivity index (χ1) is 19.2. The maximum Gasteiger partial charge on any atom is 0.331 e. The van der Waals surface area contributed by atoms with Crippen molar-refractivity contribution in [3.8, 4) is 0 Å². The van der Waals surface area contributed by atoms with Crippen LogP contribution in [0.5, 0.6) is 0 Å². The van der Waals surface area contributed by atoms with Gasteiger partial charge in [0.05, 0.1) is 29.5 Å². The molecule has 2 heterocycles. The Labute approximate surface area is 237 Å². The first kappa shape index (κ1) is 29.4. The van der Waals surface area contributed by atoms with E-state index in [0.29, 0.717) is 12.8 Å². The van der Waals surface area contributed by atoms with Gasteiger partial charge >= 0.3 is 11.9 Å². The summed E-state index contributed by atoms with van der Waals surface area (Å²) < 4.78 is 16.7. The lowest BCUT2D eigenvalue weighted by atomic mass is 9.40. The lowest BCUT2D eigenvalue weighted by Gasteiger charge is -2.66. The van der Waals surface area contributed by atoms with Crippen LogP contribution >= 0.6 is 0 Å². The average molecular weight is 583 g/mol. The van der Waals surface area contributed by atoms with Crippen molar-refractivity contribution < 1.29 is 59.5 Å². The van der Waals surface area contributed by atoms with Gasteiger partial charge in [0.15, 0.2) is 6.29 Å². The Morgan fingerprint density at radius 2 is 1.73 bits per heavy atom. The molecule has 7 N–H and O–H groups in total. The number of aliphatic hydroxyl groups is 6. The van der Waals surface area contributed by atoms with E-state index in [1.807, 2.05) is 6.92 Å². The number of cyclic esters (lactones) is 1. The van der Waals surface area contributed by atoms with Gasteiger partial charge in [-0.1, -0.05) is 6.92 Å². The lowest BCUT2D eigenvalue weighted by molar-refractivity contribution is -0.322. The van der Waals surface area contributed by atoms with E-state index in [9.17, 15) is 45.3 Å². The molecule has 4 aliphatic carbocycles. The first-order valence-electron chi connectivity index (χ1n) is 14.8. The molecule has 6 rings (SSSR count). The number of carboxylic acids is 1. The quantitative estimate of drug-likeness (QED) is 0.167. The Balaban J connectivity index is 1.28. The van der Waals surface area contributed by atoms with Gasteiger partial charge in [-0.15, -0.1) is 0 Å². The molecule has 0 spiro atoms. The zero-order chi connectivity index (χ0) is 29.7. The van der Waals surface area contributed by atoms with Gasteiger partial charge in [-0.2, -0.15) is 0 Å². The second-order valence-corrected chi connectivity index (χ2v) is 13.7. The van der Waals surface area contributed by atoms with Crippen LogP contribution in [-0.2, 0) is 23.8 Å². The van der Waals surface area contributed by atoms with Gasteiger partial charge in [-0.05, 0) is 69.3 Å². The van der Waals surface area contributed by atoms with E-state index in [1.165, 1.54) is 13.0 Å². The molecule has 4 saturated carbocycles. The van der Waals surface area contributed by atoms with Gasteiger partial charge in [0.1, 0.15) is 30.3 Å². The molecule has 12 nitrogen and oxygen atoms in total. The van der Waals surface area contributed by atoms with Crippen LogP contribution in [0.4, 0.5) is 0 Å². The largest absolute Gasteiger partial charge is 0.481 e. The smallest absolute Gasteiger partial charge is 0.331 e. The standard InChI is InChI=1S/C29H42O12/c1-13-21(32)22(33)23(34)24(40-13)41-15-3-7-28(25(35)36)20-17(4-6-27(28,37)10-15)29(38)8-5-16(14-9-19(31)39-12-14)26(29,2)11-18(20)30/h9,13,15-18,20-24,30,32-34,37-38H,3-8,10-12H2,1-2H3,(H,35,36)/t13-,15-,16+,17-,18+,20+,21-,22+,23+,24+,26+,27-,28+,29-/m0/s1. The summed E-state index contributed by atoms with van der Waals surface area (Å²) in [7, 11) is 0. The summed E-state index contributed by atoms with van der Waals surface area (Å²) in [5, 5.41) is 77.6. The van der Waals surface area contributed by atoms with Gasteiger partial charge in [0.2, 0.25) is 0 Å². The fourth-order valence-corrected chi connectivity index (χ4v) is 9.96. The number of hydrogen-bond donors (Lipinski definition) is 7. The molecule has 2 aliphatic heterocycles. The number of aliphatic hydroxyl groups excluding tert-OH is 4. The van der Waals surface area contributed by atoms with Gasteiger partial charge < -0.3 is 50.0 Å². The Morgan fingerprint density at radius 3 is 2.39 bits per heavy atom. The molecule has 0 amide bonds. The van der Waals surface area contributed by atoms with Gasteiger partial charge in [0.25, 0.3) is 0 Å². The third kappa shape index (κ3) is 3.95. The highest BCUT2D eigenvalue weighted by molar-refractivity contribution is 5.85. The number of fused-ring (bicyclic) bond motifs is 5.